The molecular formula is C16H21N5O. The summed E-state index contributed by atoms with van der Waals surface area (Å²) in [7, 11) is 0. The molecule has 6 nitrogen and oxygen atoms in total. The van der Waals surface area contributed by atoms with Crippen LogP contribution in [0.3, 0.4) is 0 Å². The van der Waals surface area contributed by atoms with E-state index in [2.05, 4.69) is 34.0 Å². The number of nitrogens with two attached hydrogens (primary N) is 1. The Morgan fingerprint density at radius 3 is 2.55 bits per heavy atom. The van der Waals surface area contributed by atoms with Gasteiger partial charge in [-0.05, 0) is 37.6 Å². The molecule has 2 aromatic heterocycles. The van der Waals surface area contributed by atoms with Gasteiger partial charge in [-0.2, -0.15) is 0 Å². The maximum Gasteiger partial charge on any atom is 0.257 e. The third kappa shape index (κ3) is 3.94. The first-order valence-electron chi connectivity index (χ1n) is 7.38. The minimum atomic E-state index is -0.218. The number of rotatable bonds is 6. The Hall–Kier alpha value is -2.63. The average molecular weight is 299 g/mol. The Morgan fingerprint density at radius 1 is 1.18 bits per heavy atom. The van der Waals surface area contributed by atoms with Gasteiger partial charge in [0.25, 0.3) is 5.91 Å². The lowest BCUT2D eigenvalue weighted by molar-refractivity contribution is 0.102. The monoisotopic (exact) mass is 299 g/mol. The molecule has 6 heteroatoms. The maximum atomic E-state index is 12.2. The number of carbonyl (C=O) groups is 1. The lowest BCUT2D eigenvalue weighted by Crippen LogP contribution is -2.24. The van der Waals surface area contributed by atoms with Gasteiger partial charge in [-0.1, -0.05) is 6.92 Å². The van der Waals surface area contributed by atoms with E-state index in [1.165, 1.54) is 6.20 Å². The summed E-state index contributed by atoms with van der Waals surface area (Å²) in [6, 6.07) is 7.00. The van der Waals surface area contributed by atoms with Crippen LogP contribution in [0.2, 0.25) is 0 Å². The van der Waals surface area contributed by atoms with Gasteiger partial charge in [0, 0.05) is 19.3 Å². The van der Waals surface area contributed by atoms with Crippen molar-refractivity contribution in [1.82, 2.24) is 9.97 Å². The first-order chi connectivity index (χ1) is 10.6. The van der Waals surface area contributed by atoms with Crippen LogP contribution in [0.5, 0.6) is 0 Å². The van der Waals surface area contributed by atoms with E-state index in [0.29, 0.717) is 17.1 Å². The van der Waals surface area contributed by atoms with Gasteiger partial charge in [-0.25, -0.2) is 9.97 Å². The van der Waals surface area contributed by atoms with Crippen molar-refractivity contribution in [2.45, 2.75) is 20.3 Å². The lowest BCUT2D eigenvalue weighted by Gasteiger charge is -2.21. The summed E-state index contributed by atoms with van der Waals surface area (Å²) >= 11 is 0. The lowest BCUT2D eigenvalue weighted by atomic mass is 10.2. The fourth-order valence-electron chi connectivity index (χ4n) is 2.09. The molecule has 0 aromatic carbocycles. The molecule has 0 fully saturated rings. The van der Waals surface area contributed by atoms with Crippen LogP contribution in [-0.4, -0.2) is 29.0 Å². The van der Waals surface area contributed by atoms with Crippen molar-refractivity contribution in [3.05, 3.63) is 42.2 Å². The number of anilines is 3. The van der Waals surface area contributed by atoms with Gasteiger partial charge in [-0.15, -0.1) is 0 Å². The largest absolute Gasteiger partial charge is 0.384 e. The highest BCUT2D eigenvalue weighted by Crippen LogP contribution is 2.13. The van der Waals surface area contributed by atoms with E-state index < -0.39 is 0 Å². The second-order valence-corrected chi connectivity index (χ2v) is 4.91. The van der Waals surface area contributed by atoms with Crippen molar-refractivity contribution in [2.75, 3.05) is 29.0 Å². The highest BCUT2D eigenvalue weighted by atomic mass is 16.1. The van der Waals surface area contributed by atoms with E-state index in [-0.39, 0.29) is 5.91 Å². The predicted molar refractivity (Wildman–Crippen MR) is 89.0 cm³/mol. The Labute approximate surface area is 130 Å². The van der Waals surface area contributed by atoms with Crippen LogP contribution < -0.4 is 16.0 Å². The molecule has 0 spiro atoms. The molecule has 0 bridgehead atoms. The van der Waals surface area contributed by atoms with E-state index >= 15 is 0 Å². The molecule has 22 heavy (non-hydrogen) atoms. The summed E-state index contributed by atoms with van der Waals surface area (Å²) < 4.78 is 0. The molecule has 0 aliphatic carbocycles. The smallest absolute Gasteiger partial charge is 0.257 e. The second kappa shape index (κ2) is 7.40. The van der Waals surface area contributed by atoms with Crippen molar-refractivity contribution in [1.29, 1.82) is 0 Å². The van der Waals surface area contributed by atoms with E-state index in [4.69, 9.17) is 5.73 Å². The van der Waals surface area contributed by atoms with Crippen LogP contribution in [0.1, 0.15) is 30.6 Å². The van der Waals surface area contributed by atoms with Gasteiger partial charge in [0.15, 0.2) is 0 Å². The van der Waals surface area contributed by atoms with Crippen molar-refractivity contribution in [3.8, 4) is 0 Å². The van der Waals surface area contributed by atoms with E-state index in [0.717, 1.165) is 25.3 Å². The van der Waals surface area contributed by atoms with Crippen LogP contribution in [0.25, 0.3) is 0 Å². The van der Waals surface area contributed by atoms with E-state index in [1.54, 1.807) is 24.4 Å². The second-order valence-electron chi connectivity index (χ2n) is 4.91. The third-order valence-electron chi connectivity index (χ3n) is 3.25. The molecule has 1 amide bonds. The van der Waals surface area contributed by atoms with Gasteiger partial charge in [0.05, 0.1) is 17.4 Å². The van der Waals surface area contributed by atoms with Crippen molar-refractivity contribution >= 4 is 23.2 Å². The molecule has 0 radical (unpaired) electrons. The number of carbonyl (C=O) groups excluding carboxylic acids is 1. The number of amides is 1. The molecule has 0 saturated carbocycles. The Kier molecular flexibility index (Phi) is 5.30. The molecule has 2 aromatic rings. The quantitative estimate of drug-likeness (QED) is 0.856. The topological polar surface area (TPSA) is 84.1 Å². The van der Waals surface area contributed by atoms with Gasteiger partial charge in [0.2, 0.25) is 0 Å². The maximum absolute atomic E-state index is 12.2. The third-order valence-corrected chi connectivity index (χ3v) is 3.25. The van der Waals surface area contributed by atoms with Crippen LogP contribution in [-0.2, 0) is 0 Å². The van der Waals surface area contributed by atoms with Gasteiger partial charge in [0.1, 0.15) is 11.6 Å². The summed E-state index contributed by atoms with van der Waals surface area (Å²) in [5.41, 5.74) is 6.62. The Morgan fingerprint density at radius 2 is 2.00 bits per heavy atom. The summed E-state index contributed by atoms with van der Waals surface area (Å²) in [5, 5.41) is 2.76. The zero-order valence-corrected chi connectivity index (χ0v) is 12.9. The van der Waals surface area contributed by atoms with Crippen LogP contribution in [0, 0.1) is 0 Å². The first kappa shape index (κ1) is 15.8. The number of hydrogen-bond donors (Lipinski definition) is 2. The summed E-state index contributed by atoms with van der Waals surface area (Å²) in [4.78, 5) is 22.6. The minimum absolute atomic E-state index is 0.218. The van der Waals surface area contributed by atoms with Crippen molar-refractivity contribution in [3.63, 3.8) is 0 Å². The van der Waals surface area contributed by atoms with Crippen molar-refractivity contribution < 1.29 is 4.79 Å². The molecule has 3 N–H and O–H groups in total. The zero-order valence-electron chi connectivity index (χ0n) is 12.9. The molecule has 116 valence electrons. The number of nitrogens with zero attached hydrogens (tertiary/aromatic N) is 3. The molecular weight excluding hydrogens is 278 g/mol. The zero-order chi connectivity index (χ0) is 15.9. The number of nitrogens with one attached hydrogen (secondary N) is 1. The number of pyridine rings is 2. The van der Waals surface area contributed by atoms with Gasteiger partial charge in [-0.3, -0.25) is 4.79 Å². The number of aromatic nitrogens is 2. The van der Waals surface area contributed by atoms with Gasteiger partial charge >= 0.3 is 0 Å². The van der Waals surface area contributed by atoms with Crippen molar-refractivity contribution in [2.24, 2.45) is 0 Å². The average Bonchev–Trinajstić information content (AvgIpc) is 2.55. The number of hydrogen-bond acceptors (Lipinski definition) is 5. The summed E-state index contributed by atoms with van der Waals surface area (Å²) in [6.45, 7) is 6.06. The summed E-state index contributed by atoms with van der Waals surface area (Å²) in [5.74, 6) is 1.08. The molecule has 0 atom stereocenters. The van der Waals surface area contributed by atoms with Crippen LogP contribution >= 0.6 is 0 Å². The molecule has 0 saturated heterocycles. The Bertz CT molecular complexity index is 609. The molecule has 2 heterocycles. The van der Waals surface area contributed by atoms with Crippen LogP contribution in [0.4, 0.5) is 17.3 Å². The fourth-order valence-corrected chi connectivity index (χ4v) is 2.09. The highest BCUT2D eigenvalue weighted by molar-refractivity contribution is 6.04. The molecule has 0 aliphatic rings. The first-order valence-corrected chi connectivity index (χ1v) is 7.38. The summed E-state index contributed by atoms with van der Waals surface area (Å²) in [6.07, 6.45) is 4.17. The minimum Gasteiger partial charge on any atom is -0.384 e. The van der Waals surface area contributed by atoms with E-state index in [1.807, 2.05) is 6.07 Å². The van der Waals surface area contributed by atoms with E-state index in [9.17, 15) is 4.79 Å². The molecule has 0 unspecified atom stereocenters. The highest BCUT2D eigenvalue weighted by Gasteiger charge is 2.09. The van der Waals surface area contributed by atoms with Gasteiger partial charge < -0.3 is 16.0 Å². The Balaban J connectivity index is 2.06. The normalized spacial score (nSPS) is 10.3. The molecule has 2 rings (SSSR count). The SMILES string of the molecule is CCCN(CC)c1ccc(C(=O)Nc2ccc(N)nc2)cn1. The fraction of sp³-hybridized carbons (Fsp3) is 0.312. The predicted octanol–water partition coefficient (Wildman–Crippen LogP) is 2.55. The van der Waals surface area contributed by atoms with Crippen LogP contribution in [0.15, 0.2) is 36.7 Å². The number of nitrogen functional groups attached to an aromatic ring is 1. The standard InChI is InChI=1S/C16H21N5O/c1-3-9-21(4-2)15-8-5-12(10-19-15)16(22)20-13-6-7-14(17)18-11-13/h5-8,10-11H,3-4,9H2,1-2H3,(H2,17,18)(H,20,22). The molecule has 0 aliphatic heterocycles.